The number of para-hydroxylation sites is 2. The van der Waals surface area contributed by atoms with Gasteiger partial charge in [-0.1, -0.05) is 66.7 Å². The highest BCUT2D eigenvalue weighted by Crippen LogP contribution is 2.40. The largest absolute Gasteiger partial charge is 0.383 e. The molecule has 7 rings (SSSR count). The number of nitrogens with zero attached hydrogens (tertiary/aromatic N) is 1. The minimum Gasteiger partial charge on any atom is -0.383 e. The first-order valence-electron chi connectivity index (χ1n) is 11.7. The number of aliphatic hydroxyl groups excluding tert-OH is 1. The molecule has 1 aliphatic rings. The SMILES string of the molecule is O=C1C(=Cc2ccc3c(c2)c2ccccc2n3-c2ccccc2)C(O)c2cc3ccccc3cc21. The Balaban J connectivity index is 1.39. The van der Waals surface area contributed by atoms with Crippen LogP contribution in [0.4, 0.5) is 0 Å². The molecule has 0 bridgehead atoms. The number of aromatic nitrogens is 1. The predicted octanol–water partition coefficient (Wildman–Crippen LogP) is 7.25. The van der Waals surface area contributed by atoms with E-state index in [-0.39, 0.29) is 5.78 Å². The van der Waals surface area contributed by atoms with E-state index in [1.54, 1.807) is 0 Å². The van der Waals surface area contributed by atoms with Crippen molar-refractivity contribution in [2.75, 3.05) is 0 Å². The Kier molecular flexibility index (Phi) is 4.29. The smallest absolute Gasteiger partial charge is 0.192 e. The standard InChI is InChI=1S/C32H21NO2/c34-31-26-18-21-8-4-5-9-22(21)19-27(26)32(35)28(31)17-20-14-15-30-25(16-20)24-12-6-7-13-29(24)33(30)23-10-2-1-3-11-23/h1-19,31,34H. The van der Waals surface area contributed by atoms with Crippen LogP contribution in [-0.4, -0.2) is 15.5 Å². The first kappa shape index (κ1) is 20.0. The summed E-state index contributed by atoms with van der Waals surface area (Å²) < 4.78 is 2.26. The van der Waals surface area contributed by atoms with E-state index in [0.717, 1.165) is 43.8 Å². The van der Waals surface area contributed by atoms with Gasteiger partial charge in [-0.3, -0.25) is 4.79 Å². The number of hydrogen-bond donors (Lipinski definition) is 1. The number of rotatable bonds is 2. The van der Waals surface area contributed by atoms with Gasteiger partial charge in [-0.15, -0.1) is 0 Å². The molecule has 0 aliphatic heterocycles. The molecular formula is C32H21NO2. The Bertz CT molecular complexity index is 1830. The summed E-state index contributed by atoms with van der Waals surface area (Å²) >= 11 is 0. The van der Waals surface area contributed by atoms with Crippen molar-refractivity contribution >= 4 is 44.4 Å². The summed E-state index contributed by atoms with van der Waals surface area (Å²) in [4.78, 5) is 13.3. The third-order valence-electron chi connectivity index (χ3n) is 7.05. The molecule has 166 valence electrons. The van der Waals surface area contributed by atoms with Crippen LogP contribution in [-0.2, 0) is 0 Å². The first-order chi connectivity index (χ1) is 17.2. The van der Waals surface area contributed by atoms with Crippen LogP contribution in [0, 0.1) is 0 Å². The number of carbonyl (C=O) groups excluding carboxylic acids is 1. The Labute approximate surface area is 202 Å². The van der Waals surface area contributed by atoms with E-state index in [0.29, 0.717) is 16.7 Å². The molecule has 6 aromatic rings. The molecule has 1 heterocycles. The monoisotopic (exact) mass is 451 g/mol. The van der Waals surface area contributed by atoms with Gasteiger partial charge in [-0.05, 0) is 70.4 Å². The van der Waals surface area contributed by atoms with Gasteiger partial charge >= 0.3 is 0 Å². The lowest BCUT2D eigenvalue weighted by Crippen LogP contribution is -1.99. The average molecular weight is 452 g/mol. The predicted molar refractivity (Wildman–Crippen MR) is 142 cm³/mol. The van der Waals surface area contributed by atoms with E-state index in [4.69, 9.17) is 0 Å². The van der Waals surface area contributed by atoms with Crippen LogP contribution in [0.3, 0.4) is 0 Å². The Morgan fingerprint density at radius 3 is 2.20 bits per heavy atom. The van der Waals surface area contributed by atoms with Crippen LogP contribution in [0.2, 0.25) is 0 Å². The quantitative estimate of drug-likeness (QED) is 0.282. The number of benzene rings is 5. The minimum atomic E-state index is -0.927. The molecule has 0 saturated heterocycles. The molecular weight excluding hydrogens is 430 g/mol. The maximum absolute atomic E-state index is 13.3. The molecule has 1 atom stereocenters. The maximum Gasteiger partial charge on any atom is 0.192 e. The first-order valence-corrected chi connectivity index (χ1v) is 11.7. The van der Waals surface area contributed by atoms with Gasteiger partial charge in [-0.25, -0.2) is 0 Å². The summed E-state index contributed by atoms with van der Waals surface area (Å²) in [5.41, 5.74) is 5.93. The normalized spacial score (nSPS) is 16.5. The third kappa shape index (κ3) is 2.99. The summed E-state index contributed by atoms with van der Waals surface area (Å²) in [5, 5.41) is 15.4. The van der Waals surface area contributed by atoms with Gasteiger partial charge in [0.05, 0.1) is 11.0 Å². The van der Waals surface area contributed by atoms with Gasteiger partial charge in [-0.2, -0.15) is 0 Å². The van der Waals surface area contributed by atoms with Crippen LogP contribution >= 0.6 is 0 Å². The number of carbonyl (C=O) groups is 1. The molecule has 1 aliphatic carbocycles. The van der Waals surface area contributed by atoms with Crippen molar-refractivity contribution in [1.82, 2.24) is 4.57 Å². The van der Waals surface area contributed by atoms with Crippen LogP contribution in [0.15, 0.2) is 115 Å². The van der Waals surface area contributed by atoms with E-state index >= 15 is 0 Å². The zero-order chi connectivity index (χ0) is 23.5. The Morgan fingerprint density at radius 2 is 1.37 bits per heavy atom. The van der Waals surface area contributed by atoms with Crippen LogP contribution in [0.25, 0.3) is 44.3 Å². The lowest BCUT2D eigenvalue weighted by atomic mass is 10.0. The number of fused-ring (bicyclic) bond motifs is 5. The highest BCUT2D eigenvalue weighted by molar-refractivity contribution is 6.18. The fourth-order valence-electron chi connectivity index (χ4n) is 5.39. The summed E-state index contributed by atoms with van der Waals surface area (Å²) in [6.07, 6.45) is 0.912. The van der Waals surface area contributed by atoms with E-state index in [1.165, 1.54) is 0 Å². The maximum atomic E-state index is 13.3. The van der Waals surface area contributed by atoms with E-state index in [9.17, 15) is 9.90 Å². The van der Waals surface area contributed by atoms with E-state index in [1.807, 2.05) is 72.8 Å². The van der Waals surface area contributed by atoms with Crippen molar-refractivity contribution in [1.29, 1.82) is 0 Å². The fraction of sp³-hybridized carbons (Fsp3) is 0.0312. The van der Waals surface area contributed by atoms with Gasteiger partial charge in [0.2, 0.25) is 0 Å². The summed E-state index contributed by atoms with van der Waals surface area (Å²) in [6.45, 7) is 0. The number of hydrogen-bond acceptors (Lipinski definition) is 2. The van der Waals surface area contributed by atoms with Crippen LogP contribution < -0.4 is 0 Å². The van der Waals surface area contributed by atoms with Gasteiger partial charge in [0.15, 0.2) is 5.78 Å². The molecule has 1 unspecified atom stereocenters. The van der Waals surface area contributed by atoms with Crippen LogP contribution in [0.5, 0.6) is 0 Å². The second-order valence-electron chi connectivity index (χ2n) is 9.08. The second-order valence-corrected chi connectivity index (χ2v) is 9.08. The lowest BCUT2D eigenvalue weighted by Gasteiger charge is -2.08. The summed E-state index contributed by atoms with van der Waals surface area (Å²) in [5.74, 6) is -0.106. The van der Waals surface area contributed by atoms with E-state index in [2.05, 4.69) is 47.0 Å². The molecule has 3 heteroatoms. The fourth-order valence-corrected chi connectivity index (χ4v) is 5.39. The number of aliphatic hydroxyl groups is 1. The number of ketones is 1. The van der Waals surface area contributed by atoms with Crippen molar-refractivity contribution in [3.63, 3.8) is 0 Å². The van der Waals surface area contributed by atoms with Crippen LogP contribution in [0.1, 0.15) is 27.6 Å². The molecule has 0 spiro atoms. The number of Topliss-reactive ketones (excluding diaryl/α,β-unsaturated/α-hetero) is 1. The van der Waals surface area contributed by atoms with Crippen molar-refractivity contribution < 1.29 is 9.90 Å². The van der Waals surface area contributed by atoms with Crippen molar-refractivity contribution in [2.45, 2.75) is 6.10 Å². The molecule has 0 radical (unpaired) electrons. The molecule has 0 amide bonds. The molecule has 0 fully saturated rings. The Morgan fingerprint density at radius 1 is 0.686 bits per heavy atom. The Hall–Kier alpha value is -4.47. The van der Waals surface area contributed by atoms with Gasteiger partial charge in [0.25, 0.3) is 0 Å². The molecule has 0 saturated carbocycles. The zero-order valence-electron chi connectivity index (χ0n) is 18.8. The minimum absolute atomic E-state index is 0.106. The van der Waals surface area contributed by atoms with Gasteiger partial charge in [0.1, 0.15) is 6.10 Å². The topological polar surface area (TPSA) is 42.2 Å². The molecule has 35 heavy (non-hydrogen) atoms. The van der Waals surface area contributed by atoms with Crippen molar-refractivity contribution in [3.8, 4) is 5.69 Å². The third-order valence-corrected chi connectivity index (χ3v) is 7.05. The van der Waals surface area contributed by atoms with Crippen molar-refractivity contribution in [3.05, 3.63) is 131 Å². The average Bonchev–Trinajstić information content (AvgIpc) is 3.35. The highest BCUT2D eigenvalue weighted by atomic mass is 16.3. The summed E-state index contributed by atoms with van der Waals surface area (Å²) in [6, 6.07) is 36.7. The highest BCUT2D eigenvalue weighted by Gasteiger charge is 2.33. The van der Waals surface area contributed by atoms with Crippen molar-refractivity contribution in [2.24, 2.45) is 0 Å². The van der Waals surface area contributed by atoms with Gasteiger partial charge in [0, 0.05) is 27.6 Å². The second kappa shape index (κ2) is 7.52. The molecule has 1 aromatic heterocycles. The summed E-state index contributed by atoms with van der Waals surface area (Å²) in [7, 11) is 0. The zero-order valence-corrected chi connectivity index (χ0v) is 18.8. The lowest BCUT2D eigenvalue weighted by molar-refractivity contribution is 0.102. The van der Waals surface area contributed by atoms with E-state index < -0.39 is 6.10 Å². The van der Waals surface area contributed by atoms with Gasteiger partial charge < -0.3 is 9.67 Å². The molecule has 3 nitrogen and oxygen atoms in total. The molecule has 5 aromatic carbocycles. The molecule has 1 N–H and O–H groups in total.